The van der Waals surface area contributed by atoms with E-state index in [4.69, 9.17) is 4.74 Å². The molecule has 0 aromatic carbocycles. The van der Waals surface area contributed by atoms with E-state index in [-0.39, 0.29) is 17.2 Å². The van der Waals surface area contributed by atoms with E-state index in [2.05, 4.69) is 16.9 Å². The van der Waals surface area contributed by atoms with E-state index >= 15 is 0 Å². The highest BCUT2D eigenvalue weighted by Crippen LogP contribution is 2.34. The van der Waals surface area contributed by atoms with Crippen LogP contribution in [0.3, 0.4) is 0 Å². The summed E-state index contributed by atoms with van der Waals surface area (Å²) < 4.78 is 4.78. The summed E-state index contributed by atoms with van der Waals surface area (Å²) in [6.07, 6.45) is 3.92. The minimum absolute atomic E-state index is 0.0392. The van der Waals surface area contributed by atoms with E-state index < -0.39 is 12.1 Å². The first-order valence-electron chi connectivity index (χ1n) is 5.94. The number of hydrogen-bond acceptors (Lipinski definition) is 5. The van der Waals surface area contributed by atoms with Crippen molar-refractivity contribution in [3.8, 4) is 10.4 Å². The fourth-order valence-corrected chi connectivity index (χ4v) is 2.54. The number of hydrogen-bond donors (Lipinski definition) is 2. The molecule has 0 aliphatic heterocycles. The lowest BCUT2D eigenvalue weighted by atomic mass is 10.2. The minimum atomic E-state index is -1.11. The Bertz CT molecular complexity index is 667. The quantitative estimate of drug-likeness (QED) is 0.828. The number of carbonyl (C=O) groups is 2. The summed E-state index contributed by atoms with van der Waals surface area (Å²) in [7, 11) is 0. The number of thiophene rings is 1. The van der Waals surface area contributed by atoms with Gasteiger partial charge >= 0.3 is 12.1 Å². The van der Waals surface area contributed by atoms with Gasteiger partial charge in [-0.05, 0) is 23.8 Å². The molecule has 2 N–H and O–H groups in total. The lowest BCUT2D eigenvalue weighted by Crippen LogP contribution is -2.14. The molecule has 0 bridgehead atoms. The number of anilines is 1. The molecule has 0 spiro atoms. The van der Waals surface area contributed by atoms with Gasteiger partial charge in [0.1, 0.15) is 11.5 Å². The minimum Gasteiger partial charge on any atom is -0.477 e. The van der Waals surface area contributed by atoms with E-state index in [0.717, 1.165) is 16.9 Å². The molecule has 21 heavy (non-hydrogen) atoms. The number of carboxylic acids is 1. The molecule has 0 unspecified atom stereocenters. The van der Waals surface area contributed by atoms with Crippen molar-refractivity contribution in [3.63, 3.8) is 0 Å². The Balaban J connectivity index is 2.28. The van der Waals surface area contributed by atoms with Gasteiger partial charge in [0.25, 0.3) is 0 Å². The molecule has 0 aliphatic rings. The molecule has 0 aliphatic carbocycles. The fourth-order valence-electron chi connectivity index (χ4n) is 1.58. The standard InChI is InChI=1S/C14H12N2O4S/c1-2-7-20-14(19)16-10-8-11(21-12(10)13(17)18)9-3-5-15-6-4-9/h2-6,8H,1,7H2,(H,16,19)(H,17,18). The van der Waals surface area contributed by atoms with E-state index in [1.165, 1.54) is 6.08 Å². The van der Waals surface area contributed by atoms with Crippen LogP contribution in [0.1, 0.15) is 9.67 Å². The van der Waals surface area contributed by atoms with Crippen molar-refractivity contribution < 1.29 is 19.4 Å². The van der Waals surface area contributed by atoms with Crippen LogP contribution >= 0.6 is 11.3 Å². The number of rotatable bonds is 5. The molecule has 0 atom stereocenters. The Labute approximate surface area is 124 Å². The number of aromatic nitrogens is 1. The van der Waals surface area contributed by atoms with E-state index in [1.54, 1.807) is 30.6 Å². The van der Waals surface area contributed by atoms with Crippen LogP contribution < -0.4 is 5.32 Å². The number of nitrogens with zero attached hydrogens (tertiary/aromatic N) is 1. The maximum atomic E-state index is 11.5. The summed E-state index contributed by atoms with van der Waals surface area (Å²) in [6, 6.07) is 5.12. The molecule has 2 aromatic heterocycles. The highest BCUT2D eigenvalue weighted by molar-refractivity contribution is 7.18. The van der Waals surface area contributed by atoms with Gasteiger partial charge in [0.15, 0.2) is 0 Å². The third kappa shape index (κ3) is 3.67. The fraction of sp³-hybridized carbons (Fsp3) is 0.0714. The van der Waals surface area contributed by atoms with Gasteiger partial charge in [-0.1, -0.05) is 12.7 Å². The lowest BCUT2D eigenvalue weighted by Gasteiger charge is -2.03. The maximum absolute atomic E-state index is 11.5. The number of nitrogens with one attached hydrogen (secondary N) is 1. The van der Waals surface area contributed by atoms with E-state index in [1.807, 2.05) is 0 Å². The zero-order chi connectivity index (χ0) is 15.2. The van der Waals surface area contributed by atoms with Crippen LogP contribution in [0.5, 0.6) is 0 Å². The topological polar surface area (TPSA) is 88.5 Å². The van der Waals surface area contributed by atoms with E-state index in [9.17, 15) is 14.7 Å². The van der Waals surface area contributed by atoms with Crippen LogP contribution in [0, 0.1) is 0 Å². The van der Waals surface area contributed by atoms with Crippen molar-refractivity contribution >= 4 is 29.1 Å². The number of carboxylic acid groups (broad SMARTS) is 1. The van der Waals surface area contributed by atoms with Crippen molar-refractivity contribution in [1.82, 2.24) is 4.98 Å². The molecule has 0 saturated heterocycles. The van der Waals surface area contributed by atoms with Crippen molar-refractivity contribution in [1.29, 1.82) is 0 Å². The van der Waals surface area contributed by atoms with Gasteiger partial charge in [0, 0.05) is 17.3 Å². The molecule has 0 fully saturated rings. The first kappa shape index (κ1) is 14.7. The summed E-state index contributed by atoms with van der Waals surface area (Å²) in [6.45, 7) is 3.48. The maximum Gasteiger partial charge on any atom is 0.411 e. The normalized spacial score (nSPS) is 9.90. The van der Waals surface area contributed by atoms with Gasteiger partial charge in [-0.2, -0.15) is 0 Å². The number of aromatic carboxylic acids is 1. The molecule has 2 aromatic rings. The molecule has 2 heterocycles. The Morgan fingerprint density at radius 1 is 1.43 bits per heavy atom. The van der Waals surface area contributed by atoms with Crippen LogP contribution in [0.4, 0.5) is 10.5 Å². The van der Waals surface area contributed by atoms with Gasteiger partial charge in [-0.15, -0.1) is 11.3 Å². The molecular formula is C14H12N2O4S. The highest BCUT2D eigenvalue weighted by atomic mass is 32.1. The zero-order valence-electron chi connectivity index (χ0n) is 10.9. The Morgan fingerprint density at radius 2 is 2.14 bits per heavy atom. The Hall–Kier alpha value is -2.67. The zero-order valence-corrected chi connectivity index (χ0v) is 11.7. The predicted molar refractivity (Wildman–Crippen MR) is 79.7 cm³/mol. The number of ether oxygens (including phenoxy) is 1. The van der Waals surface area contributed by atoms with Crippen LogP contribution in [0.2, 0.25) is 0 Å². The average Bonchev–Trinajstić information content (AvgIpc) is 2.90. The molecule has 1 amide bonds. The summed E-state index contributed by atoms with van der Waals surface area (Å²) in [5.74, 6) is -1.11. The van der Waals surface area contributed by atoms with E-state index in [0.29, 0.717) is 4.88 Å². The van der Waals surface area contributed by atoms with Crippen molar-refractivity contribution in [2.75, 3.05) is 11.9 Å². The predicted octanol–water partition coefficient (Wildman–Crippen LogP) is 3.24. The van der Waals surface area contributed by atoms with Crippen molar-refractivity contribution in [2.45, 2.75) is 0 Å². The molecule has 108 valence electrons. The van der Waals surface area contributed by atoms with Crippen LogP contribution in [-0.4, -0.2) is 28.8 Å². The first-order valence-corrected chi connectivity index (χ1v) is 6.75. The van der Waals surface area contributed by atoms with Gasteiger partial charge < -0.3 is 9.84 Å². The van der Waals surface area contributed by atoms with Gasteiger partial charge in [0.05, 0.1) is 5.69 Å². The van der Waals surface area contributed by atoms with Crippen LogP contribution in [0.15, 0.2) is 43.2 Å². The summed E-state index contributed by atoms with van der Waals surface area (Å²) in [5.41, 5.74) is 1.03. The Kier molecular flexibility index (Phi) is 4.68. The molecule has 2 rings (SSSR count). The van der Waals surface area contributed by atoms with Crippen molar-refractivity contribution in [3.05, 3.63) is 48.1 Å². The number of amides is 1. The summed E-state index contributed by atoms with van der Waals surface area (Å²) in [4.78, 5) is 27.4. The SMILES string of the molecule is C=CCOC(=O)Nc1cc(-c2ccncc2)sc1C(=O)O. The third-order valence-electron chi connectivity index (χ3n) is 2.46. The third-order valence-corrected chi connectivity index (χ3v) is 3.63. The molecule has 0 radical (unpaired) electrons. The van der Waals surface area contributed by atoms with Crippen LogP contribution in [0.25, 0.3) is 10.4 Å². The average molecular weight is 304 g/mol. The largest absolute Gasteiger partial charge is 0.477 e. The highest BCUT2D eigenvalue weighted by Gasteiger charge is 2.18. The van der Waals surface area contributed by atoms with Crippen molar-refractivity contribution in [2.24, 2.45) is 0 Å². The molecular weight excluding hydrogens is 292 g/mol. The first-order chi connectivity index (χ1) is 10.1. The lowest BCUT2D eigenvalue weighted by molar-refractivity contribution is 0.0703. The van der Waals surface area contributed by atoms with Gasteiger partial charge in [-0.3, -0.25) is 10.3 Å². The second-order valence-electron chi connectivity index (χ2n) is 3.91. The molecule has 7 heteroatoms. The number of carbonyl (C=O) groups excluding carboxylic acids is 1. The molecule has 6 nitrogen and oxygen atoms in total. The van der Waals surface area contributed by atoms with Gasteiger partial charge in [0.2, 0.25) is 0 Å². The molecule has 0 saturated carbocycles. The number of pyridine rings is 1. The van der Waals surface area contributed by atoms with Crippen LogP contribution in [-0.2, 0) is 4.74 Å². The second-order valence-corrected chi connectivity index (χ2v) is 4.96. The summed E-state index contributed by atoms with van der Waals surface area (Å²) in [5, 5.41) is 11.6. The summed E-state index contributed by atoms with van der Waals surface area (Å²) >= 11 is 1.07. The monoisotopic (exact) mass is 304 g/mol. The smallest absolute Gasteiger partial charge is 0.411 e. The second kappa shape index (κ2) is 6.67. The Morgan fingerprint density at radius 3 is 2.76 bits per heavy atom. The van der Waals surface area contributed by atoms with Gasteiger partial charge in [-0.25, -0.2) is 9.59 Å².